The van der Waals surface area contributed by atoms with Crippen molar-refractivity contribution in [3.63, 3.8) is 0 Å². The lowest BCUT2D eigenvalue weighted by Crippen LogP contribution is -2.33. The quantitative estimate of drug-likeness (QED) is 0.222. The van der Waals surface area contributed by atoms with Crippen molar-refractivity contribution in [1.29, 1.82) is 0 Å². The highest BCUT2D eigenvalue weighted by Crippen LogP contribution is 1.64. The van der Waals surface area contributed by atoms with Gasteiger partial charge in [-0.05, 0) is 0 Å². The van der Waals surface area contributed by atoms with Crippen molar-refractivity contribution in [1.82, 2.24) is 5.43 Å². The largest absolute Gasteiger partial charge is 0.378 e. The van der Waals surface area contributed by atoms with Crippen molar-refractivity contribution in [3.05, 3.63) is 0 Å². The molecule has 56 valence electrons. The maximum Gasteiger partial charge on any atom is 0.285 e. The van der Waals surface area contributed by atoms with Gasteiger partial charge in [0.25, 0.3) is 5.91 Å². The van der Waals surface area contributed by atoms with Crippen LogP contribution in [0, 0.1) is 0 Å². The van der Waals surface area contributed by atoms with Gasteiger partial charge in [-0.15, -0.1) is 5.10 Å². The molecule has 5 N–H and O–H groups in total. The van der Waals surface area contributed by atoms with Gasteiger partial charge in [-0.3, -0.25) is 9.59 Å². The highest BCUT2D eigenvalue weighted by atomic mass is 16.2. The zero-order chi connectivity index (χ0) is 8.15. The summed E-state index contributed by atoms with van der Waals surface area (Å²) in [6, 6.07) is 0. The number of amidine groups is 1. The van der Waals surface area contributed by atoms with E-state index in [-0.39, 0.29) is 0 Å². The zero-order valence-corrected chi connectivity index (χ0v) is 5.42. The molecule has 0 aliphatic heterocycles. The Morgan fingerprint density at radius 1 is 1.40 bits per heavy atom. The standard InChI is InChI=1S/C4H8N4O2/c1-2(9)7-8-3(5)4(6)10/h1H3,(H2,5,8)(H2,6,10)(H,7,9). The molecule has 0 atom stereocenters. The molecule has 6 heteroatoms. The van der Waals surface area contributed by atoms with Crippen molar-refractivity contribution >= 4 is 17.6 Å². The van der Waals surface area contributed by atoms with Crippen molar-refractivity contribution < 1.29 is 9.59 Å². The van der Waals surface area contributed by atoms with Gasteiger partial charge < -0.3 is 11.5 Å². The van der Waals surface area contributed by atoms with E-state index < -0.39 is 17.6 Å². The molecule has 2 amide bonds. The van der Waals surface area contributed by atoms with Crippen LogP contribution in [0.1, 0.15) is 6.92 Å². The minimum atomic E-state index is -0.867. The van der Waals surface area contributed by atoms with Crippen LogP contribution in [0.25, 0.3) is 0 Å². The maximum absolute atomic E-state index is 10.1. The molecule has 0 spiro atoms. The van der Waals surface area contributed by atoms with Gasteiger partial charge in [0.1, 0.15) is 0 Å². The van der Waals surface area contributed by atoms with Crippen LogP contribution < -0.4 is 16.9 Å². The molecule has 0 aromatic rings. The fraction of sp³-hybridized carbons (Fsp3) is 0.250. The summed E-state index contributed by atoms with van der Waals surface area (Å²) in [6.07, 6.45) is 0. The van der Waals surface area contributed by atoms with E-state index in [1.165, 1.54) is 6.92 Å². The summed E-state index contributed by atoms with van der Waals surface area (Å²) in [5, 5.41) is 3.14. The fourth-order valence-corrected chi connectivity index (χ4v) is 0.194. The molecule has 10 heavy (non-hydrogen) atoms. The number of carbonyl (C=O) groups excluding carboxylic acids is 2. The third-order valence-electron chi connectivity index (χ3n) is 0.586. The van der Waals surface area contributed by atoms with Gasteiger partial charge in [0.15, 0.2) is 0 Å². The molecule has 0 heterocycles. The zero-order valence-electron chi connectivity index (χ0n) is 5.42. The Kier molecular flexibility index (Phi) is 2.89. The third-order valence-corrected chi connectivity index (χ3v) is 0.586. The number of primary amides is 1. The van der Waals surface area contributed by atoms with Gasteiger partial charge in [0.2, 0.25) is 11.7 Å². The van der Waals surface area contributed by atoms with Crippen LogP contribution in [0.5, 0.6) is 0 Å². The highest BCUT2D eigenvalue weighted by molar-refractivity contribution is 6.36. The van der Waals surface area contributed by atoms with Crippen LogP contribution >= 0.6 is 0 Å². The number of hydrogen-bond donors (Lipinski definition) is 3. The topological polar surface area (TPSA) is 111 Å². The van der Waals surface area contributed by atoms with E-state index in [9.17, 15) is 9.59 Å². The first-order valence-electron chi connectivity index (χ1n) is 2.43. The molecule has 0 aliphatic rings. The van der Waals surface area contributed by atoms with Crippen LogP contribution in [-0.2, 0) is 9.59 Å². The van der Waals surface area contributed by atoms with Gasteiger partial charge in [0.05, 0.1) is 0 Å². The first-order valence-corrected chi connectivity index (χ1v) is 2.43. The van der Waals surface area contributed by atoms with E-state index in [4.69, 9.17) is 5.73 Å². The lowest BCUT2D eigenvalue weighted by atomic mass is 10.6. The van der Waals surface area contributed by atoms with Crippen molar-refractivity contribution in [2.24, 2.45) is 16.6 Å². The molecule has 0 radical (unpaired) electrons. The third kappa shape index (κ3) is 3.42. The molecule has 0 aliphatic carbocycles. The molecular weight excluding hydrogens is 136 g/mol. The Morgan fingerprint density at radius 2 is 1.90 bits per heavy atom. The number of rotatable bonds is 1. The molecule has 0 aromatic carbocycles. The number of hydrazone groups is 1. The second kappa shape index (κ2) is 3.44. The predicted molar refractivity (Wildman–Crippen MR) is 34.6 cm³/mol. The van der Waals surface area contributed by atoms with Gasteiger partial charge in [0, 0.05) is 6.92 Å². The SMILES string of the molecule is CC(=O)N/N=C(/N)C(N)=O. The Morgan fingerprint density at radius 3 is 2.20 bits per heavy atom. The van der Waals surface area contributed by atoms with Crippen LogP contribution in [0.15, 0.2) is 5.10 Å². The second-order valence-corrected chi connectivity index (χ2v) is 1.53. The van der Waals surface area contributed by atoms with E-state index in [0.29, 0.717) is 0 Å². The monoisotopic (exact) mass is 144 g/mol. The molecule has 6 nitrogen and oxygen atoms in total. The number of carbonyl (C=O) groups is 2. The number of hydrogen-bond acceptors (Lipinski definition) is 3. The average molecular weight is 144 g/mol. The summed E-state index contributed by atoms with van der Waals surface area (Å²) >= 11 is 0. The van der Waals surface area contributed by atoms with Gasteiger partial charge >= 0.3 is 0 Å². The highest BCUT2D eigenvalue weighted by Gasteiger charge is 1.98. The van der Waals surface area contributed by atoms with Crippen LogP contribution in [-0.4, -0.2) is 17.6 Å². The summed E-state index contributed by atoms with van der Waals surface area (Å²) in [4.78, 5) is 20.3. The first kappa shape index (κ1) is 8.41. The van der Waals surface area contributed by atoms with E-state index in [1.807, 2.05) is 5.43 Å². The van der Waals surface area contributed by atoms with Crippen LogP contribution in [0.2, 0.25) is 0 Å². The molecule has 0 fully saturated rings. The smallest absolute Gasteiger partial charge is 0.285 e. The van der Waals surface area contributed by atoms with Crippen LogP contribution in [0.3, 0.4) is 0 Å². The molecule has 0 saturated heterocycles. The van der Waals surface area contributed by atoms with E-state index >= 15 is 0 Å². The summed E-state index contributed by atoms with van der Waals surface area (Å²) in [7, 11) is 0. The second-order valence-electron chi connectivity index (χ2n) is 1.53. The van der Waals surface area contributed by atoms with E-state index in [2.05, 4.69) is 10.8 Å². The molecule has 0 rings (SSSR count). The Bertz CT molecular complexity index is 186. The minimum Gasteiger partial charge on any atom is -0.378 e. The summed E-state index contributed by atoms with van der Waals surface area (Å²) in [6.45, 7) is 1.23. The van der Waals surface area contributed by atoms with Crippen LogP contribution in [0.4, 0.5) is 0 Å². The number of nitrogens with zero attached hydrogens (tertiary/aromatic N) is 1. The van der Waals surface area contributed by atoms with E-state index in [0.717, 1.165) is 0 Å². The maximum atomic E-state index is 10.1. The van der Waals surface area contributed by atoms with Crippen molar-refractivity contribution in [2.45, 2.75) is 6.92 Å². The Balaban J connectivity index is 3.92. The van der Waals surface area contributed by atoms with Crippen molar-refractivity contribution in [3.8, 4) is 0 Å². The predicted octanol–water partition coefficient (Wildman–Crippen LogP) is -2.12. The molecule has 0 bridgehead atoms. The summed E-state index contributed by atoms with van der Waals surface area (Å²) in [5.41, 5.74) is 11.6. The number of amides is 2. The first-order chi connectivity index (χ1) is 4.54. The lowest BCUT2D eigenvalue weighted by molar-refractivity contribution is -0.118. The Labute approximate surface area is 57.3 Å². The van der Waals surface area contributed by atoms with E-state index in [1.54, 1.807) is 0 Å². The molecule has 0 saturated carbocycles. The fourth-order valence-electron chi connectivity index (χ4n) is 0.194. The summed E-state index contributed by atoms with van der Waals surface area (Å²) in [5.74, 6) is -1.70. The lowest BCUT2D eigenvalue weighted by Gasteiger charge is -1.93. The minimum absolute atomic E-state index is 0.413. The number of nitrogens with one attached hydrogen (secondary N) is 1. The number of nitrogens with two attached hydrogens (primary N) is 2. The molecule has 0 unspecified atom stereocenters. The normalized spacial score (nSPS) is 10.7. The molecular formula is C4H8N4O2. The van der Waals surface area contributed by atoms with Gasteiger partial charge in [-0.25, -0.2) is 5.43 Å². The summed E-state index contributed by atoms with van der Waals surface area (Å²) < 4.78 is 0. The average Bonchev–Trinajstić information content (AvgIpc) is 1.82. The Hall–Kier alpha value is -1.59. The van der Waals surface area contributed by atoms with Crippen molar-refractivity contribution in [2.75, 3.05) is 0 Å². The van der Waals surface area contributed by atoms with Gasteiger partial charge in [-0.1, -0.05) is 0 Å². The van der Waals surface area contributed by atoms with Gasteiger partial charge in [-0.2, -0.15) is 0 Å². The molecule has 0 aromatic heterocycles.